The van der Waals surface area contributed by atoms with Crippen LogP contribution in [0.3, 0.4) is 0 Å². The fraction of sp³-hybridized carbons (Fsp3) is 0.625. The fourth-order valence-electron chi connectivity index (χ4n) is 2.69. The average molecular weight is 355 g/mol. The van der Waals surface area contributed by atoms with Gasteiger partial charge in [0.15, 0.2) is 0 Å². The van der Waals surface area contributed by atoms with E-state index >= 15 is 0 Å². The molecular weight excluding hydrogens is 330 g/mol. The van der Waals surface area contributed by atoms with Crippen LogP contribution in [0.4, 0.5) is 0 Å². The van der Waals surface area contributed by atoms with Gasteiger partial charge in [-0.05, 0) is 25.3 Å². The van der Waals surface area contributed by atoms with Gasteiger partial charge in [-0.2, -0.15) is 4.31 Å². The molecule has 8 heteroatoms. The normalized spacial score (nSPS) is 16.5. The molecule has 1 aromatic rings. The molecule has 0 radical (unpaired) electrons. The van der Waals surface area contributed by atoms with E-state index in [9.17, 15) is 18.0 Å². The van der Waals surface area contributed by atoms with Gasteiger partial charge < -0.3 is 9.88 Å². The molecule has 1 amide bonds. The van der Waals surface area contributed by atoms with E-state index < -0.39 is 15.6 Å². The molecule has 134 valence electrons. The Morgan fingerprint density at radius 2 is 1.83 bits per heavy atom. The average Bonchev–Trinajstić information content (AvgIpc) is 2.84. The van der Waals surface area contributed by atoms with Crippen LogP contribution in [-0.2, 0) is 21.4 Å². The number of aromatic nitrogens is 1. The summed E-state index contributed by atoms with van der Waals surface area (Å²) in [6.07, 6.45) is 5.82. The van der Waals surface area contributed by atoms with E-state index in [1.54, 1.807) is 0 Å². The zero-order valence-electron chi connectivity index (χ0n) is 14.0. The summed E-state index contributed by atoms with van der Waals surface area (Å²) in [5.74, 6) is -0.303. The van der Waals surface area contributed by atoms with Gasteiger partial charge in [-0.3, -0.25) is 9.59 Å². The first kappa shape index (κ1) is 18.7. The molecule has 0 spiro atoms. The molecule has 0 aromatic carbocycles. The quantitative estimate of drug-likeness (QED) is 0.822. The maximum atomic E-state index is 12.8. The van der Waals surface area contributed by atoms with Crippen molar-refractivity contribution >= 4 is 15.9 Å². The number of carbonyl (C=O) groups is 1. The first-order valence-corrected chi connectivity index (χ1v) is 9.86. The number of rotatable bonds is 6. The Labute approximate surface area is 142 Å². The minimum absolute atomic E-state index is 0.0623. The second-order valence-electron chi connectivity index (χ2n) is 6.00. The van der Waals surface area contributed by atoms with Crippen LogP contribution in [0, 0.1) is 0 Å². The third-order valence-electron chi connectivity index (χ3n) is 4.05. The number of amides is 1. The predicted molar refractivity (Wildman–Crippen MR) is 91.2 cm³/mol. The van der Waals surface area contributed by atoms with Crippen LogP contribution < -0.4 is 10.9 Å². The molecular formula is C16H25N3O4S. The number of nitrogens with zero attached hydrogens (tertiary/aromatic N) is 2. The van der Waals surface area contributed by atoms with Gasteiger partial charge in [-0.15, -0.1) is 0 Å². The standard InChI is InChI=1S/C16H25N3O4S/c1-2-9-17-15(20)13-18-12-14(7-8-16(18)21)24(22,23)19-10-5-3-4-6-11-19/h7-8,12H,2-6,9-11,13H2,1H3,(H,17,20). The second kappa shape index (κ2) is 8.43. The lowest BCUT2D eigenvalue weighted by atomic mass is 10.2. The van der Waals surface area contributed by atoms with Crippen LogP contribution in [0.2, 0.25) is 0 Å². The highest BCUT2D eigenvalue weighted by atomic mass is 32.2. The smallest absolute Gasteiger partial charge is 0.251 e. The zero-order valence-corrected chi connectivity index (χ0v) is 14.8. The molecule has 1 N–H and O–H groups in total. The van der Waals surface area contributed by atoms with Crippen molar-refractivity contribution in [1.82, 2.24) is 14.2 Å². The minimum Gasteiger partial charge on any atom is -0.355 e. The highest BCUT2D eigenvalue weighted by Gasteiger charge is 2.25. The fourth-order valence-corrected chi connectivity index (χ4v) is 4.23. The molecule has 7 nitrogen and oxygen atoms in total. The van der Waals surface area contributed by atoms with Gasteiger partial charge in [0, 0.05) is 31.9 Å². The summed E-state index contributed by atoms with van der Waals surface area (Å²) in [5.41, 5.74) is -0.392. The van der Waals surface area contributed by atoms with Crippen LogP contribution >= 0.6 is 0 Å². The summed E-state index contributed by atoms with van der Waals surface area (Å²) < 4.78 is 28.2. The Balaban J connectivity index is 2.22. The van der Waals surface area contributed by atoms with E-state index in [0.717, 1.165) is 36.7 Å². The Morgan fingerprint density at radius 3 is 2.46 bits per heavy atom. The van der Waals surface area contributed by atoms with Gasteiger partial charge in [0.2, 0.25) is 15.9 Å². The number of hydrogen-bond donors (Lipinski definition) is 1. The van der Waals surface area contributed by atoms with E-state index in [1.165, 1.54) is 22.6 Å². The Hall–Kier alpha value is -1.67. The predicted octanol–water partition coefficient (Wildman–Crippen LogP) is 0.939. The number of hydrogen-bond acceptors (Lipinski definition) is 4. The van der Waals surface area contributed by atoms with Crippen LogP contribution in [0.25, 0.3) is 0 Å². The summed E-state index contributed by atoms with van der Waals surface area (Å²) in [7, 11) is -3.64. The summed E-state index contributed by atoms with van der Waals surface area (Å²) in [4.78, 5) is 23.8. The van der Waals surface area contributed by atoms with Gasteiger partial charge in [-0.25, -0.2) is 8.42 Å². The van der Waals surface area contributed by atoms with Gasteiger partial charge >= 0.3 is 0 Å². The lowest BCUT2D eigenvalue weighted by molar-refractivity contribution is -0.121. The lowest BCUT2D eigenvalue weighted by Crippen LogP contribution is -2.35. The number of pyridine rings is 1. The van der Waals surface area contributed by atoms with Crippen molar-refractivity contribution in [3.05, 3.63) is 28.7 Å². The van der Waals surface area contributed by atoms with Crippen molar-refractivity contribution in [2.24, 2.45) is 0 Å². The van der Waals surface area contributed by atoms with Crippen molar-refractivity contribution < 1.29 is 13.2 Å². The third-order valence-corrected chi connectivity index (χ3v) is 5.93. The third kappa shape index (κ3) is 4.67. The molecule has 0 atom stereocenters. The molecule has 0 bridgehead atoms. The molecule has 2 heterocycles. The van der Waals surface area contributed by atoms with Crippen molar-refractivity contribution in [3.8, 4) is 0 Å². The Bertz CT molecular complexity index is 719. The van der Waals surface area contributed by atoms with Crippen molar-refractivity contribution in [2.75, 3.05) is 19.6 Å². The molecule has 1 saturated heterocycles. The van der Waals surface area contributed by atoms with Crippen LogP contribution in [0.5, 0.6) is 0 Å². The number of carbonyl (C=O) groups excluding carboxylic acids is 1. The van der Waals surface area contributed by atoms with Crippen LogP contribution in [0.1, 0.15) is 39.0 Å². The maximum absolute atomic E-state index is 12.8. The maximum Gasteiger partial charge on any atom is 0.251 e. The molecule has 1 fully saturated rings. The van der Waals surface area contributed by atoms with E-state index in [-0.39, 0.29) is 17.3 Å². The zero-order chi connectivity index (χ0) is 17.6. The van der Waals surface area contributed by atoms with E-state index in [0.29, 0.717) is 19.6 Å². The highest BCUT2D eigenvalue weighted by Crippen LogP contribution is 2.19. The number of nitrogens with one attached hydrogen (secondary N) is 1. The molecule has 1 aromatic heterocycles. The van der Waals surface area contributed by atoms with E-state index in [4.69, 9.17) is 0 Å². The molecule has 2 rings (SSSR count). The van der Waals surface area contributed by atoms with Crippen molar-refractivity contribution in [1.29, 1.82) is 0 Å². The Kier molecular flexibility index (Phi) is 6.56. The van der Waals surface area contributed by atoms with E-state index in [1.807, 2.05) is 6.92 Å². The first-order chi connectivity index (χ1) is 11.4. The van der Waals surface area contributed by atoms with E-state index in [2.05, 4.69) is 5.32 Å². The molecule has 0 saturated carbocycles. The van der Waals surface area contributed by atoms with Gasteiger partial charge in [-0.1, -0.05) is 19.8 Å². The summed E-state index contributed by atoms with van der Waals surface area (Å²) in [6, 6.07) is 2.53. The SMILES string of the molecule is CCCNC(=O)Cn1cc(S(=O)(=O)N2CCCCCC2)ccc1=O. The first-order valence-electron chi connectivity index (χ1n) is 8.42. The summed E-state index contributed by atoms with van der Waals surface area (Å²) in [6.45, 7) is 3.28. The topological polar surface area (TPSA) is 88.5 Å². The van der Waals surface area contributed by atoms with Gasteiger partial charge in [0.1, 0.15) is 6.54 Å². The van der Waals surface area contributed by atoms with Gasteiger partial charge in [0.25, 0.3) is 5.56 Å². The van der Waals surface area contributed by atoms with Crippen LogP contribution in [0.15, 0.2) is 28.0 Å². The van der Waals surface area contributed by atoms with Crippen molar-refractivity contribution in [2.45, 2.75) is 50.5 Å². The Morgan fingerprint density at radius 1 is 1.17 bits per heavy atom. The molecule has 1 aliphatic rings. The monoisotopic (exact) mass is 355 g/mol. The molecule has 24 heavy (non-hydrogen) atoms. The summed E-state index contributed by atoms with van der Waals surface area (Å²) in [5, 5.41) is 2.68. The minimum atomic E-state index is -3.64. The molecule has 0 unspecified atom stereocenters. The lowest BCUT2D eigenvalue weighted by Gasteiger charge is -2.20. The number of sulfonamides is 1. The largest absolute Gasteiger partial charge is 0.355 e. The summed E-state index contributed by atoms with van der Waals surface area (Å²) >= 11 is 0. The second-order valence-corrected chi connectivity index (χ2v) is 7.94. The molecule has 0 aliphatic carbocycles. The van der Waals surface area contributed by atoms with Crippen molar-refractivity contribution in [3.63, 3.8) is 0 Å². The van der Waals surface area contributed by atoms with Gasteiger partial charge in [0.05, 0.1) is 4.90 Å². The highest BCUT2D eigenvalue weighted by molar-refractivity contribution is 7.89. The molecule has 1 aliphatic heterocycles. The van der Waals surface area contributed by atoms with Crippen LogP contribution in [-0.4, -0.2) is 42.8 Å².